The molecule has 1 aromatic carbocycles. The molecule has 0 atom stereocenters. The molecule has 2 aromatic rings. The summed E-state index contributed by atoms with van der Waals surface area (Å²) < 4.78 is 0. The lowest BCUT2D eigenvalue weighted by Crippen LogP contribution is -1.95. The molecule has 19 heavy (non-hydrogen) atoms. The molecule has 2 rings (SSSR count). The van der Waals surface area contributed by atoms with E-state index in [0.717, 1.165) is 0 Å². The minimum absolute atomic E-state index is 0.121. The van der Waals surface area contributed by atoms with Crippen LogP contribution in [0.2, 0.25) is 0 Å². The highest BCUT2D eigenvalue weighted by Crippen LogP contribution is 2.30. The Morgan fingerprint density at radius 1 is 1.26 bits per heavy atom. The van der Waals surface area contributed by atoms with Crippen molar-refractivity contribution in [1.29, 1.82) is 0 Å². The van der Waals surface area contributed by atoms with Crippen LogP contribution in [0.4, 0.5) is 11.4 Å². The van der Waals surface area contributed by atoms with Crippen molar-refractivity contribution >= 4 is 17.6 Å². The number of nitro groups is 1. The van der Waals surface area contributed by atoms with Gasteiger partial charge in [-0.2, -0.15) is 0 Å². The summed E-state index contributed by atoms with van der Waals surface area (Å²) in [5, 5.41) is 11.0. The molecule has 96 valence electrons. The number of aliphatic imine (C=N–C) groups is 1. The van der Waals surface area contributed by atoms with Crippen LogP contribution in [0.15, 0.2) is 41.5 Å². The Hall–Kier alpha value is -2.56. The lowest BCUT2D eigenvalue weighted by atomic mass is 10.1. The first-order valence-corrected chi connectivity index (χ1v) is 5.79. The van der Waals surface area contributed by atoms with Gasteiger partial charge in [0.05, 0.1) is 28.1 Å². The van der Waals surface area contributed by atoms with Crippen LogP contribution < -0.4 is 0 Å². The largest absolute Gasteiger partial charge is 0.277 e. The Morgan fingerprint density at radius 2 is 2.05 bits per heavy atom. The zero-order valence-electron chi connectivity index (χ0n) is 10.7. The van der Waals surface area contributed by atoms with Gasteiger partial charge in [0, 0.05) is 11.8 Å². The minimum Gasteiger partial charge on any atom is -0.258 e. The maximum absolute atomic E-state index is 11.0. The standard InChI is InChI=1S/C14H13N3O2/c1-10-6-7-13(11(2)14(10)17(18)19)16-9-12-5-3-4-8-15-12/h3-9H,1-2H3. The van der Waals surface area contributed by atoms with Crippen molar-refractivity contribution in [2.45, 2.75) is 13.8 Å². The van der Waals surface area contributed by atoms with Gasteiger partial charge < -0.3 is 0 Å². The topological polar surface area (TPSA) is 68.4 Å². The van der Waals surface area contributed by atoms with Gasteiger partial charge in [-0.15, -0.1) is 0 Å². The van der Waals surface area contributed by atoms with Crippen molar-refractivity contribution in [3.63, 3.8) is 0 Å². The average molecular weight is 255 g/mol. The smallest absolute Gasteiger partial charge is 0.258 e. The molecular formula is C14H13N3O2. The Balaban J connectivity index is 2.39. The van der Waals surface area contributed by atoms with Crippen molar-refractivity contribution < 1.29 is 4.92 Å². The van der Waals surface area contributed by atoms with Crippen molar-refractivity contribution in [3.8, 4) is 0 Å². The Bertz CT molecular complexity index is 637. The van der Waals surface area contributed by atoms with Crippen LogP contribution in [0.5, 0.6) is 0 Å². The quantitative estimate of drug-likeness (QED) is 0.479. The monoisotopic (exact) mass is 255 g/mol. The van der Waals surface area contributed by atoms with Gasteiger partial charge in [-0.3, -0.25) is 20.1 Å². The molecule has 1 aromatic heterocycles. The number of aromatic nitrogens is 1. The molecule has 0 aliphatic rings. The fraction of sp³-hybridized carbons (Fsp3) is 0.143. The SMILES string of the molecule is Cc1ccc(N=Cc2ccccn2)c(C)c1[N+](=O)[O-]. The first kappa shape index (κ1) is 12.9. The normalized spacial score (nSPS) is 10.8. The van der Waals surface area contributed by atoms with E-state index in [2.05, 4.69) is 9.98 Å². The summed E-state index contributed by atoms with van der Waals surface area (Å²) in [7, 11) is 0. The van der Waals surface area contributed by atoms with E-state index in [1.54, 1.807) is 38.4 Å². The van der Waals surface area contributed by atoms with E-state index in [1.165, 1.54) is 0 Å². The van der Waals surface area contributed by atoms with E-state index in [9.17, 15) is 10.1 Å². The molecule has 0 saturated carbocycles. The molecule has 5 heteroatoms. The number of rotatable bonds is 3. The highest BCUT2D eigenvalue weighted by atomic mass is 16.6. The Kier molecular flexibility index (Phi) is 3.66. The summed E-state index contributed by atoms with van der Waals surface area (Å²) in [5.74, 6) is 0. The third-order valence-corrected chi connectivity index (χ3v) is 2.81. The van der Waals surface area contributed by atoms with E-state index in [-0.39, 0.29) is 10.6 Å². The van der Waals surface area contributed by atoms with Crippen LogP contribution in [0.25, 0.3) is 0 Å². The molecule has 0 amide bonds. The third-order valence-electron chi connectivity index (χ3n) is 2.81. The maximum atomic E-state index is 11.0. The van der Waals surface area contributed by atoms with Gasteiger partial charge in [-0.1, -0.05) is 12.1 Å². The van der Waals surface area contributed by atoms with E-state index >= 15 is 0 Å². The Morgan fingerprint density at radius 3 is 2.68 bits per heavy atom. The summed E-state index contributed by atoms with van der Waals surface area (Å²) in [5.41, 5.74) is 2.63. The van der Waals surface area contributed by atoms with Gasteiger partial charge in [0.25, 0.3) is 5.69 Å². The second kappa shape index (κ2) is 5.39. The number of benzene rings is 1. The Labute approximate surface area is 110 Å². The lowest BCUT2D eigenvalue weighted by Gasteiger charge is -2.04. The van der Waals surface area contributed by atoms with Crippen LogP contribution in [0.3, 0.4) is 0 Å². The van der Waals surface area contributed by atoms with Crippen molar-refractivity contribution in [2.24, 2.45) is 4.99 Å². The molecular weight excluding hydrogens is 242 g/mol. The molecule has 0 fully saturated rings. The van der Waals surface area contributed by atoms with Gasteiger partial charge in [-0.25, -0.2) is 0 Å². The highest BCUT2D eigenvalue weighted by molar-refractivity contribution is 5.80. The zero-order valence-corrected chi connectivity index (χ0v) is 10.7. The van der Waals surface area contributed by atoms with Crippen molar-refractivity contribution in [2.75, 3.05) is 0 Å². The minimum atomic E-state index is -0.371. The van der Waals surface area contributed by atoms with Crippen LogP contribution in [-0.4, -0.2) is 16.1 Å². The van der Waals surface area contributed by atoms with E-state index in [0.29, 0.717) is 22.5 Å². The predicted molar refractivity (Wildman–Crippen MR) is 74.1 cm³/mol. The number of hydrogen-bond donors (Lipinski definition) is 0. The van der Waals surface area contributed by atoms with E-state index in [4.69, 9.17) is 0 Å². The summed E-state index contributed by atoms with van der Waals surface area (Å²) >= 11 is 0. The van der Waals surface area contributed by atoms with Crippen LogP contribution >= 0.6 is 0 Å². The fourth-order valence-electron chi connectivity index (χ4n) is 1.83. The molecule has 0 spiro atoms. The number of nitro benzene ring substituents is 1. The maximum Gasteiger partial charge on any atom is 0.277 e. The molecule has 0 N–H and O–H groups in total. The molecule has 0 radical (unpaired) electrons. The van der Waals surface area contributed by atoms with Gasteiger partial charge in [0.1, 0.15) is 0 Å². The number of nitrogens with zero attached hydrogens (tertiary/aromatic N) is 3. The van der Waals surface area contributed by atoms with Crippen LogP contribution in [-0.2, 0) is 0 Å². The number of hydrogen-bond acceptors (Lipinski definition) is 4. The molecule has 0 aliphatic heterocycles. The molecule has 1 heterocycles. The average Bonchev–Trinajstić information content (AvgIpc) is 2.38. The highest BCUT2D eigenvalue weighted by Gasteiger charge is 2.16. The second-order valence-electron chi connectivity index (χ2n) is 4.15. The van der Waals surface area contributed by atoms with Gasteiger partial charge >= 0.3 is 0 Å². The van der Waals surface area contributed by atoms with Gasteiger partial charge in [0.2, 0.25) is 0 Å². The lowest BCUT2D eigenvalue weighted by molar-refractivity contribution is -0.386. The summed E-state index contributed by atoms with van der Waals surface area (Å²) in [6, 6.07) is 8.98. The fourth-order valence-corrected chi connectivity index (χ4v) is 1.83. The zero-order chi connectivity index (χ0) is 13.8. The summed E-state index contributed by atoms with van der Waals surface area (Å²) in [4.78, 5) is 19.0. The number of pyridine rings is 1. The first-order chi connectivity index (χ1) is 9.09. The predicted octanol–water partition coefficient (Wildman–Crippen LogP) is 3.36. The van der Waals surface area contributed by atoms with E-state index in [1.807, 2.05) is 18.2 Å². The first-order valence-electron chi connectivity index (χ1n) is 5.79. The summed E-state index contributed by atoms with van der Waals surface area (Å²) in [6.07, 6.45) is 3.27. The summed E-state index contributed by atoms with van der Waals surface area (Å²) in [6.45, 7) is 3.42. The van der Waals surface area contributed by atoms with Gasteiger partial charge in [0.15, 0.2) is 0 Å². The van der Waals surface area contributed by atoms with Gasteiger partial charge in [-0.05, 0) is 32.0 Å². The van der Waals surface area contributed by atoms with Crippen LogP contribution in [0, 0.1) is 24.0 Å². The molecule has 0 unspecified atom stereocenters. The third kappa shape index (κ3) is 2.82. The second-order valence-corrected chi connectivity index (χ2v) is 4.15. The number of aryl methyl sites for hydroxylation is 1. The van der Waals surface area contributed by atoms with Crippen molar-refractivity contribution in [3.05, 3.63) is 63.5 Å². The molecule has 0 saturated heterocycles. The molecule has 0 bridgehead atoms. The van der Waals surface area contributed by atoms with Crippen molar-refractivity contribution in [1.82, 2.24) is 4.98 Å². The van der Waals surface area contributed by atoms with Crippen LogP contribution in [0.1, 0.15) is 16.8 Å². The molecule has 0 aliphatic carbocycles. The van der Waals surface area contributed by atoms with E-state index < -0.39 is 0 Å². The molecule has 5 nitrogen and oxygen atoms in total.